The first-order valence-corrected chi connectivity index (χ1v) is 15.2. The zero-order valence-corrected chi connectivity index (χ0v) is 25.2. The lowest BCUT2D eigenvalue weighted by Gasteiger charge is -2.22. The summed E-state index contributed by atoms with van der Waals surface area (Å²) in [5, 5.41) is 15.7. The van der Waals surface area contributed by atoms with Crippen molar-refractivity contribution in [2.24, 2.45) is 11.8 Å². The van der Waals surface area contributed by atoms with E-state index in [0.717, 1.165) is 22.4 Å². The van der Waals surface area contributed by atoms with Crippen LogP contribution in [-0.4, -0.2) is 48.2 Å². The van der Waals surface area contributed by atoms with Crippen molar-refractivity contribution in [2.45, 2.75) is 57.8 Å². The van der Waals surface area contributed by atoms with Gasteiger partial charge in [-0.3, -0.25) is 14.4 Å². The number of benzene rings is 3. The summed E-state index contributed by atoms with van der Waals surface area (Å²) in [4.78, 5) is 38.9. The lowest BCUT2D eigenvalue weighted by atomic mass is 9.94. The van der Waals surface area contributed by atoms with Crippen LogP contribution >= 0.6 is 0 Å². The molecule has 2 amide bonds. The summed E-state index contributed by atoms with van der Waals surface area (Å²) < 4.78 is 11.5. The molecule has 3 N–H and O–H groups in total. The predicted octanol–water partition coefficient (Wildman–Crippen LogP) is 4.55. The van der Waals surface area contributed by atoms with E-state index in [4.69, 9.17) is 9.47 Å². The molecule has 0 aliphatic carbocycles. The van der Waals surface area contributed by atoms with Gasteiger partial charge in [0.15, 0.2) is 0 Å². The largest absolute Gasteiger partial charge is 0.489 e. The standard InChI is InChI=1S/C36H42N2O6/c1-26-23-37-35(41)30(14-8-9-15-31(36(42)44-26)20-27-10-4-2-5-11-27)22-34(40)38-32(24-39)21-28-16-18-33(19-17-28)43-25-29-12-6-3-7-13-29/h2-13,16-19,26,30-32,39H,14-15,20-25H2,1H3,(H,37,41)(H,38,40)/t26-,30+,31-,32-/m0/s1. The first kappa shape index (κ1) is 32.5. The Bertz CT molecular complexity index is 1360. The van der Waals surface area contributed by atoms with E-state index in [-0.39, 0.29) is 43.3 Å². The lowest BCUT2D eigenvalue weighted by Crippen LogP contribution is -2.43. The maximum absolute atomic E-state index is 13.0. The van der Waals surface area contributed by atoms with E-state index in [1.54, 1.807) is 6.92 Å². The number of amides is 2. The van der Waals surface area contributed by atoms with Crippen LogP contribution in [0.5, 0.6) is 5.75 Å². The average molecular weight is 599 g/mol. The summed E-state index contributed by atoms with van der Waals surface area (Å²) in [6.45, 7) is 2.14. The van der Waals surface area contributed by atoms with E-state index in [2.05, 4.69) is 10.6 Å². The second-order valence-electron chi connectivity index (χ2n) is 11.3. The third-order valence-corrected chi connectivity index (χ3v) is 7.59. The van der Waals surface area contributed by atoms with E-state index in [1.165, 1.54) is 0 Å². The number of carbonyl (C=O) groups excluding carboxylic acids is 3. The zero-order chi connectivity index (χ0) is 31.1. The number of ether oxygens (including phenoxy) is 2. The van der Waals surface area contributed by atoms with Crippen LogP contribution in [0.1, 0.15) is 42.9 Å². The van der Waals surface area contributed by atoms with Crippen LogP contribution in [-0.2, 0) is 38.6 Å². The molecule has 3 aromatic carbocycles. The third kappa shape index (κ3) is 10.7. The summed E-state index contributed by atoms with van der Waals surface area (Å²) in [7, 11) is 0. The van der Waals surface area contributed by atoms with Gasteiger partial charge in [0, 0.05) is 6.42 Å². The number of aliphatic hydroxyl groups excluding tert-OH is 1. The lowest BCUT2D eigenvalue weighted by molar-refractivity contribution is -0.153. The first-order valence-electron chi connectivity index (χ1n) is 15.2. The number of esters is 1. The summed E-state index contributed by atoms with van der Waals surface area (Å²) >= 11 is 0. The smallest absolute Gasteiger partial charge is 0.309 e. The molecule has 0 spiro atoms. The van der Waals surface area contributed by atoms with Crippen molar-refractivity contribution in [1.29, 1.82) is 0 Å². The highest BCUT2D eigenvalue weighted by molar-refractivity contribution is 5.86. The normalized spacial score (nSPS) is 19.9. The van der Waals surface area contributed by atoms with Crippen molar-refractivity contribution in [2.75, 3.05) is 13.2 Å². The molecule has 1 heterocycles. The van der Waals surface area contributed by atoms with Gasteiger partial charge in [-0.2, -0.15) is 0 Å². The number of aliphatic hydroxyl groups is 1. The van der Waals surface area contributed by atoms with Gasteiger partial charge in [-0.25, -0.2) is 0 Å². The van der Waals surface area contributed by atoms with Gasteiger partial charge < -0.3 is 25.2 Å². The van der Waals surface area contributed by atoms with Crippen LogP contribution in [0, 0.1) is 11.8 Å². The molecule has 0 radical (unpaired) electrons. The monoisotopic (exact) mass is 598 g/mol. The fourth-order valence-electron chi connectivity index (χ4n) is 5.11. The van der Waals surface area contributed by atoms with Gasteiger partial charge in [0.25, 0.3) is 0 Å². The molecule has 4 atom stereocenters. The number of cyclic esters (lactones) is 1. The Morgan fingerprint density at radius 1 is 0.909 bits per heavy atom. The van der Waals surface area contributed by atoms with Crippen molar-refractivity contribution in [1.82, 2.24) is 10.6 Å². The molecule has 4 rings (SSSR count). The van der Waals surface area contributed by atoms with Crippen LogP contribution in [0.4, 0.5) is 0 Å². The Labute approximate surface area is 259 Å². The maximum Gasteiger partial charge on any atom is 0.309 e. The maximum atomic E-state index is 13.0. The van der Waals surface area contributed by atoms with E-state index >= 15 is 0 Å². The summed E-state index contributed by atoms with van der Waals surface area (Å²) in [6, 6.07) is 26.8. The minimum absolute atomic E-state index is 0.0272. The van der Waals surface area contributed by atoms with E-state index in [1.807, 2.05) is 97.1 Å². The van der Waals surface area contributed by atoms with E-state index in [9.17, 15) is 19.5 Å². The molecule has 232 valence electrons. The Balaban J connectivity index is 1.31. The van der Waals surface area contributed by atoms with Crippen LogP contribution < -0.4 is 15.4 Å². The summed E-state index contributed by atoms with van der Waals surface area (Å²) in [6.07, 6.45) is 5.04. The van der Waals surface area contributed by atoms with Crippen molar-refractivity contribution >= 4 is 17.8 Å². The van der Waals surface area contributed by atoms with E-state index < -0.39 is 18.1 Å². The number of rotatable bonds is 11. The van der Waals surface area contributed by atoms with Gasteiger partial charge in [0.05, 0.1) is 31.0 Å². The van der Waals surface area contributed by atoms with Crippen molar-refractivity contribution in [3.05, 3.63) is 114 Å². The second-order valence-corrected chi connectivity index (χ2v) is 11.3. The van der Waals surface area contributed by atoms with Crippen molar-refractivity contribution in [3.63, 3.8) is 0 Å². The van der Waals surface area contributed by atoms with Gasteiger partial charge in [-0.05, 0) is 61.4 Å². The van der Waals surface area contributed by atoms with Gasteiger partial charge in [-0.1, -0.05) is 84.9 Å². The van der Waals surface area contributed by atoms with Gasteiger partial charge >= 0.3 is 5.97 Å². The van der Waals surface area contributed by atoms with Crippen molar-refractivity contribution < 1.29 is 29.0 Å². The van der Waals surface area contributed by atoms with Crippen LogP contribution in [0.2, 0.25) is 0 Å². The first-order chi connectivity index (χ1) is 21.4. The average Bonchev–Trinajstić information content (AvgIpc) is 3.04. The third-order valence-electron chi connectivity index (χ3n) is 7.59. The molecule has 0 saturated carbocycles. The molecule has 0 saturated heterocycles. The van der Waals surface area contributed by atoms with Gasteiger partial charge in [-0.15, -0.1) is 0 Å². The molecular formula is C36H42N2O6. The molecule has 8 heteroatoms. The second kappa shape index (κ2) is 17.0. The molecule has 1 aliphatic rings. The Morgan fingerprint density at radius 3 is 2.20 bits per heavy atom. The van der Waals surface area contributed by atoms with Crippen LogP contribution in [0.3, 0.4) is 0 Å². The SMILES string of the molecule is C[C@H]1CNC(=O)[C@@H](CC(=O)N[C@H](CO)Cc2ccc(OCc3ccccc3)cc2)CC=CC[C@@H](Cc2ccccc2)C(=O)O1. The minimum Gasteiger partial charge on any atom is -0.489 e. The van der Waals surface area contributed by atoms with Gasteiger partial charge in [0.2, 0.25) is 11.8 Å². The highest BCUT2D eigenvalue weighted by Crippen LogP contribution is 2.19. The molecule has 8 nitrogen and oxygen atoms in total. The quantitative estimate of drug-likeness (QED) is 0.221. The zero-order valence-electron chi connectivity index (χ0n) is 25.2. The van der Waals surface area contributed by atoms with Crippen LogP contribution in [0.15, 0.2) is 97.1 Å². The Morgan fingerprint density at radius 2 is 1.55 bits per heavy atom. The molecule has 0 bridgehead atoms. The number of hydrogen-bond acceptors (Lipinski definition) is 6. The molecule has 3 aromatic rings. The number of carbonyl (C=O) groups is 3. The summed E-state index contributed by atoms with van der Waals surface area (Å²) in [5.41, 5.74) is 3.07. The highest BCUT2D eigenvalue weighted by Gasteiger charge is 2.26. The molecule has 44 heavy (non-hydrogen) atoms. The molecule has 0 aromatic heterocycles. The predicted molar refractivity (Wildman–Crippen MR) is 169 cm³/mol. The van der Waals surface area contributed by atoms with E-state index in [0.29, 0.717) is 32.3 Å². The Hall–Kier alpha value is -4.43. The fraction of sp³-hybridized carbons (Fsp3) is 0.361. The fourth-order valence-corrected chi connectivity index (χ4v) is 5.11. The minimum atomic E-state index is -0.596. The molecular weight excluding hydrogens is 556 g/mol. The molecule has 1 aliphatic heterocycles. The number of nitrogens with one attached hydrogen (secondary N) is 2. The Kier molecular flexibility index (Phi) is 12.6. The van der Waals surface area contributed by atoms with Crippen LogP contribution in [0.25, 0.3) is 0 Å². The van der Waals surface area contributed by atoms with Crippen molar-refractivity contribution in [3.8, 4) is 5.75 Å². The summed E-state index contributed by atoms with van der Waals surface area (Å²) in [5.74, 6) is -1.08. The highest BCUT2D eigenvalue weighted by atomic mass is 16.5. The number of hydrogen-bond donors (Lipinski definition) is 3. The topological polar surface area (TPSA) is 114 Å². The number of allylic oxidation sites excluding steroid dienone is 2. The van der Waals surface area contributed by atoms with Gasteiger partial charge in [0.1, 0.15) is 18.5 Å². The molecule has 0 fully saturated rings. The molecule has 0 unspecified atom stereocenters.